The van der Waals surface area contributed by atoms with Crippen molar-refractivity contribution in [2.24, 2.45) is 22.7 Å². The van der Waals surface area contributed by atoms with Crippen molar-refractivity contribution in [3.63, 3.8) is 0 Å². The molecule has 1 aliphatic rings. The number of ether oxygens (including phenoxy) is 2. The maximum absolute atomic E-state index is 14.1. The van der Waals surface area contributed by atoms with Crippen LogP contribution >= 0.6 is 45.2 Å². The zero-order chi connectivity index (χ0) is 37.2. The van der Waals surface area contributed by atoms with Gasteiger partial charge in [-0.2, -0.15) is 0 Å². The maximum Gasteiger partial charge on any atom is 0.343 e. The highest BCUT2D eigenvalue weighted by Crippen LogP contribution is 2.40. The van der Waals surface area contributed by atoms with E-state index >= 15 is 0 Å². The van der Waals surface area contributed by atoms with Crippen LogP contribution in [0.25, 0.3) is 5.76 Å². The Balaban J connectivity index is 0.000000340. The number of hydrogen-bond acceptors (Lipinski definition) is 9. The molecule has 268 valence electrons. The monoisotopic (exact) mass is 913 g/mol. The molecule has 1 aliphatic carbocycles. The SMILES string of the molecule is CCOC(=O)C(C=N[C@H](CO)C(C)C)=C(O)c1cc(I)c(F)cc1F.CCOC(=O)C1=CC([C@H](CO)C(C)C)c2cc(F)c(I)cc2C1=O. The first-order valence-electron chi connectivity index (χ1n) is 15.5. The van der Waals surface area contributed by atoms with Crippen LogP contribution in [0.4, 0.5) is 13.2 Å². The normalized spacial score (nSPS) is 16.0. The Morgan fingerprint density at radius 2 is 1.49 bits per heavy atom. The Morgan fingerprint density at radius 3 is 2.02 bits per heavy atom. The molecule has 0 bridgehead atoms. The fraction of sp³-hybridized carbons (Fsp3) is 0.429. The van der Waals surface area contributed by atoms with Crippen molar-refractivity contribution in [2.45, 2.75) is 53.5 Å². The summed E-state index contributed by atoms with van der Waals surface area (Å²) in [5.74, 6) is -5.56. The molecular formula is C35H40F3I2NO8. The maximum atomic E-state index is 14.1. The number of ketones is 1. The van der Waals surface area contributed by atoms with Crippen LogP contribution in [0.2, 0.25) is 0 Å². The van der Waals surface area contributed by atoms with Gasteiger partial charge in [0, 0.05) is 37.5 Å². The second-order valence-corrected chi connectivity index (χ2v) is 13.9. The van der Waals surface area contributed by atoms with Crippen molar-refractivity contribution in [3.8, 4) is 0 Å². The molecule has 49 heavy (non-hydrogen) atoms. The number of fused-ring (bicyclic) bond motifs is 1. The minimum Gasteiger partial charge on any atom is -0.506 e. The van der Waals surface area contributed by atoms with E-state index in [0.29, 0.717) is 20.8 Å². The average Bonchev–Trinajstić information content (AvgIpc) is 3.03. The van der Waals surface area contributed by atoms with Gasteiger partial charge in [0.1, 0.15) is 34.4 Å². The van der Waals surface area contributed by atoms with Crippen molar-refractivity contribution >= 4 is 74.9 Å². The lowest BCUT2D eigenvalue weighted by Crippen LogP contribution is -2.29. The number of aliphatic imine (C=N–C) groups is 1. The molecule has 3 rings (SSSR count). The lowest BCUT2D eigenvalue weighted by molar-refractivity contribution is -0.138. The number of esters is 2. The van der Waals surface area contributed by atoms with E-state index in [4.69, 9.17) is 9.47 Å². The van der Waals surface area contributed by atoms with E-state index in [1.165, 1.54) is 18.2 Å². The molecular weight excluding hydrogens is 873 g/mol. The lowest BCUT2D eigenvalue weighted by Gasteiger charge is -2.31. The fourth-order valence-corrected chi connectivity index (χ4v) is 5.79. The summed E-state index contributed by atoms with van der Waals surface area (Å²) < 4.78 is 51.7. The summed E-state index contributed by atoms with van der Waals surface area (Å²) >= 11 is 3.46. The summed E-state index contributed by atoms with van der Waals surface area (Å²) in [5, 5.41) is 29.4. The predicted molar refractivity (Wildman–Crippen MR) is 196 cm³/mol. The van der Waals surface area contributed by atoms with Crippen molar-refractivity contribution in [1.29, 1.82) is 0 Å². The Kier molecular flexibility index (Phi) is 16.9. The van der Waals surface area contributed by atoms with Gasteiger partial charge in [0.15, 0.2) is 5.78 Å². The molecule has 3 atom stereocenters. The van der Waals surface area contributed by atoms with Gasteiger partial charge in [-0.1, -0.05) is 33.8 Å². The van der Waals surface area contributed by atoms with Crippen LogP contribution in [-0.4, -0.2) is 71.7 Å². The van der Waals surface area contributed by atoms with Gasteiger partial charge >= 0.3 is 11.9 Å². The number of Topliss-reactive ketones (excluding diaryl/α,β-unsaturated/α-hetero) is 1. The van der Waals surface area contributed by atoms with Crippen LogP contribution in [0, 0.1) is 42.3 Å². The minimum absolute atomic E-state index is 0.0182. The number of aliphatic hydroxyl groups excluding tert-OH is 3. The highest BCUT2D eigenvalue weighted by molar-refractivity contribution is 14.1. The van der Waals surface area contributed by atoms with Crippen molar-refractivity contribution < 1.29 is 52.3 Å². The molecule has 0 aliphatic heterocycles. The summed E-state index contributed by atoms with van der Waals surface area (Å²) in [7, 11) is 0. The first-order chi connectivity index (χ1) is 23.0. The van der Waals surface area contributed by atoms with Gasteiger partial charge in [-0.25, -0.2) is 22.8 Å². The Morgan fingerprint density at radius 1 is 0.898 bits per heavy atom. The van der Waals surface area contributed by atoms with Crippen molar-refractivity contribution in [1.82, 2.24) is 0 Å². The van der Waals surface area contributed by atoms with Crippen molar-refractivity contribution in [2.75, 3.05) is 26.4 Å². The van der Waals surface area contributed by atoms with Crippen LogP contribution in [0.1, 0.15) is 68.9 Å². The van der Waals surface area contributed by atoms with Gasteiger partial charge in [0.25, 0.3) is 0 Å². The zero-order valence-electron chi connectivity index (χ0n) is 27.9. The molecule has 0 saturated heterocycles. The summed E-state index contributed by atoms with van der Waals surface area (Å²) in [6, 6.07) is 4.00. The van der Waals surface area contributed by atoms with E-state index in [1.54, 1.807) is 36.4 Å². The molecule has 2 aromatic carbocycles. The Bertz CT molecular complexity index is 1620. The van der Waals surface area contributed by atoms with Crippen LogP contribution < -0.4 is 0 Å². The van der Waals surface area contributed by atoms with Crippen LogP contribution in [0.15, 0.2) is 46.5 Å². The molecule has 1 unspecified atom stereocenters. The van der Waals surface area contributed by atoms with Crippen LogP contribution in [-0.2, 0) is 19.1 Å². The van der Waals surface area contributed by atoms with Gasteiger partial charge in [-0.15, -0.1) is 0 Å². The third-order valence-electron chi connectivity index (χ3n) is 7.68. The van der Waals surface area contributed by atoms with Crippen LogP contribution in [0.5, 0.6) is 0 Å². The van der Waals surface area contributed by atoms with Gasteiger partial charge in [0.2, 0.25) is 0 Å². The molecule has 0 saturated carbocycles. The number of aliphatic hydroxyl groups is 3. The van der Waals surface area contributed by atoms with Crippen molar-refractivity contribution in [3.05, 3.63) is 82.8 Å². The third kappa shape index (κ3) is 10.8. The zero-order valence-corrected chi connectivity index (χ0v) is 32.2. The molecule has 0 radical (unpaired) electrons. The molecule has 0 aromatic heterocycles. The molecule has 2 aromatic rings. The van der Waals surface area contributed by atoms with E-state index in [2.05, 4.69) is 4.99 Å². The quantitative estimate of drug-likeness (QED) is 0.0395. The highest BCUT2D eigenvalue weighted by atomic mass is 127. The first-order valence-corrected chi connectivity index (χ1v) is 17.6. The number of nitrogens with zero attached hydrogens (tertiary/aromatic N) is 1. The lowest BCUT2D eigenvalue weighted by atomic mass is 9.73. The average molecular weight is 914 g/mol. The van der Waals surface area contributed by atoms with Crippen LogP contribution in [0.3, 0.4) is 0 Å². The second kappa shape index (κ2) is 19.5. The molecule has 0 spiro atoms. The largest absolute Gasteiger partial charge is 0.506 e. The number of hydrogen-bond donors (Lipinski definition) is 3. The predicted octanol–water partition coefficient (Wildman–Crippen LogP) is 6.95. The molecule has 0 fully saturated rings. The van der Waals surface area contributed by atoms with Gasteiger partial charge in [-0.3, -0.25) is 9.79 Å². The molecule has 0 amide bonds. The van der Waals surface area contributed by atoms with E-state index in [0.717, 1.165) is 12.3 Å². The standard InChI is InChI=1S/C18H20FIO4.C17H20F2INO4/c1-4-24-18(23)13-5-10(14(8-21)9(2)3)11-6-15(19)16(20)7-12(11)17(13)22;1-4-25-17(24)11(7-21-15(8-22)9(2)3)16(23)10-5-14(20)13(19)6-12(10)18/h5-7,9-10,14,21H,4,8H2,1-3H3;5-7,9,15,22-23H,4,8H2,1-3H3/t10?,14-;15-/m11/s1. The Labute approximate surface area is 311 Å². The number of benzene rings is 2. The van der Waals surface area contributed by atoms with Gasteiger partial charge < -0.3 is 24.8 Å². The molecule has 9 nitrogen and oxygen atoms in total. The Hall–Kier alpha value is -2.83. The number of allylic oxidation sites excluding steroid dienone is 1. The number of rotatable bonds is 12. The van der Waals surface area contributed by atoms with E-state index in [1.807, 2.05) is 50.3 Å². The molecule has 0 heterocycles. The summed E-state index contributed by atoms with van der Waals surface area (Å²) in [5.41, 5.74) is 0.0534. The number of halogens is 5. The number of carbonyl (C=O) groups is 3. The van der Waals surface area contributed by atoms with E-state index in [-0.39, 0.29) is 64.5 Å². The van der Waals surface area contributed by atoms with E-state index < -0.39 is 52.9 Å². The second-order valence-electron chi connectivity index (χ2n) is 11.6. The molecule has 14 heteroatoms. The smallest absolute Gasteiger partial charge is 0.343 e. The van der Waals surface area contributed by atoms with Gasteiger partial charge in [-0.05, 0) is 101 Å². The van der Waals surface area contributed by atoms with E-state index in [9.17, 15) is 42.9 Å². The molecule has 3 N–H and O–H groups in total. The fourth-order valence-electron chi connectivity index (χ4n) is 4.86. The minimum atomic E-state index is -1.02. The summed E-state index contributed by atoms with van der Waals surface area (Å²) in [6.45, 7) is 10.6. The summed E-state index contributed by atoms with van der Waals surface area (Å²) in [4.78, 5) is 41.0. The first kappa shape index (κ1) is 42.3. The number of carbonyl (C=O) groups excluding carboxylic acids is 3. The third-order valence-corrected chi connectivity index (χ3v) is 9.33. The topological polar surface area (TPSA) is 143 Å². The van der Waals surface area contributed by atoms with Gasteiger partial charge in [0.05, 0.1) is 31.4 Å². The summed E-state index contributed by atoms with van der Waals surface area (Å²) in [6.07, 6.45) is 2.57. The highest BCUT2D eigenvalue weighted by Gasteiger charge is 2.36.